The van der Waals surface area contributed by atoms with E-state index in [0.29, 0.717) is 10.1 Å². The Morgan fingerprint density at radius 2 is 1.85 bits per heavy atom. The summed E-state index contributed by atoms with van der Waals surface area (Å²) in [6, 6.07) is 11.7. The lowest BCUT2D eigenvalue weighted by Gasteiger charge is -2.15. The Labute approximate surface area is 154 Å². The molecule has 142 valence electrons. The number of hydrogen-bond donors (Lipinski definition) is 0. The fraction of sp³-hybridized carbons (Fsp3) is 0.222. The first kappa shape index (κ1) is 19.0. The summed E-state index contributed by atoms with van der Waals surface area (Å²) in [5.74, 6) is -0.931. The van der Waals surface area contributed by atoms with Crippen LogP contribution in [-0.4, -0.2) is 30.2 Å². The maximum atomic E-state index is 13.5. The second kappa shape index (κ2) is 7.07. The highest BCUT2D eigenvalue weighted by Crippen LogP contribution is 2.28. The number of alkyl halides is 2. The van der Waals surface area contributed by atoms with Gasteiger partial charge in [-0.3, -0.25) is 4.57 Å². The van der Waals surface area contributed by atoms with Gasteiger partial charge in [-0.15, -0.1) is 0 Å². The van der Waals surface area contributed by atoms with Crippen molar-refractivity contribution < 1.29 is 26.7 Å². The number of imidazole rings is 1. The minimum absolute atomic E-state index is 0.00415. The minimum atomic E-state index is -3.50. The molecule has 27 heavy (non-hydrogen) atoms. The number of rotatable bonds is 5. The van der Waals surface area contributed by atoms with Crippen molar-refractivity contribution in [3.63, 3.8) is 0 Å². The van der Waals surface area contributed by atoms with Crippen LogP contribution in [0.1, 0.15) is 35.8 Å². The van der Waals surface area contributed by atoms with Crippen LogP contribution in [-0.2, 0) is 14.6 Å². The topological polar surface area (TPSA) is 78.3 Å². The number of nitrogens with zero attached hydrogens (tertiary/aromatic N) is 2. The molecule has 0 fully saturated rings. The highest BCUT2D eigenvalue weighted by molar-refractivity contribution is 7.90. The zero-order valence-corrected chi connectivity index (χ0v) is 15.3. The van der Waals surface area contributed by atoms with Gasteiger partial charge in [-0.25, -0.2) is 18.2 Å². The van der Waals surface area contributed by atoms with Crippen LogP contribution in [0.2, 0.25) is 0 Å². The number of sulfone groups is 1. The van der Waals surface area contributed by atoms with Crippen molar-refractivity contribution in [2.24, 2.45) is 0 Å². The molecular weight excluding hydrogens is 378 g/mol. The van der Waals surface area contributed by atoms with E-state index in [9.17, 15) is 22.0 Å². The average molecular weight is 394 g/mol. The van der Waals surface area contributed by atoms with Gasteiger partial charge < -0.3 is 4.74 Å². The summed E-state index contributed by atoms with van der Waals surface area (Å²) >= 11 is 0. The van der Waals surface area contributed by atoms with E-state index >= 15 is 0 Å². The summed E-state index contributed by atoms with van der Waals surface area (Å²) in [5.41, 5.74) is 0.587. The molecular formula is C18H16F2N2O4S. The van der Waals surface area contributed by atoms with Crippen molar-refractivity contribution in [3.05, 3.63) is 59.9 Å². The van der Waals surface area contributed by atoms with Crippen LogP contribution in [0.3, 0.4) is 0 Å². The van der Waals surface area contributed by atoms with Gasteiger partial charge in [0.25, 0.3) is 0 Å². The van der Waals surface area contributed by atoms with E-state index in [2.05, 4.69) is 4.98 Å². The van der Waals surface area contributed by atoms with Crippen LogP contribution in [0.5, 0.6) is 0 Å². The molecule has 0 spiro atoms. The van der Waals surface area contributed by atoms with E-state index < -0.39 is 28.5 Å². The lowest BCUT2D eigenvalue weighted by atomic mass is 10.2. The molecule has 0 aliphatic rings. The third kappa shape index (κ3) is 3.82. The first-order valence-electron chi connectivity index (χ1n) is 7.94. The van der Waals surface area contributed by atoms with E-state index in [-0.39, 0.29) is 21.8 Å². The predicted molar refractivity (Wildman–Crippen MR) is 94.4 cm³/mol. The van der Waals surface area contributed by atoms with Crippen LogP contribution < -0.4 is 0 Å². The molecule has 0 saturated carbocycles. The van der Waals surface area contributed by atoms with Crippen molar-refractivity contribution in [1.29, 1.82) is 0 Å². The number of aromatic nitrogens is 2. The van der Waals surface area contributed by atoms with Crippen molar-refractivity contribution in [2.45, 2.75) is 24.5 Å². The van der Waals surface area contributed by atoms with Gasteiger partial charge in [-0.2, -0.15) is 8.78 Å². The molecule has 3 aromatic rings. The number of carbonyl (C=O) groups excluding carboxylic acids is 1. The lowest BCUT2D eigenvalue weighted by Crippen LogP contribution is -2.15. The van der Waals surface area contributed by atoms with Crippen LogP contribution in [0.4, 0.5) is 8.78 Å². The van der Waals surface area contributed by atoms with E-state index in [4.69, 9.17) is 4.74 Å². The van der Waals surface area contributed by atoms with Gasteiger partial charge >= 0.3 is 12.5 Å². The van der Waals surface area contributed by atoms with Gasteiger partial charge in [0.2, 0.25) is 0 Å². The Balaban J connectivity index is 1.92. The number of esters is 1. The summed E-state index contributed by atoms with van der Waals surface area (Å²) in [5, 5.41) is 0. The standard InChI is InChI=1S/C18H16F2N2O4S/c1-11(16-21-14-8-3-4-9-15(14)22(16)18(19)20)26-17(23)12-6-5-7-13(10-12)27(2,24)25/h3-11,18H,1-2H3. The van der Waals surface area contributed by atoms with Gasteiger partial charge in [-0.05, 0) is 37.3 Å². The number of ether oxygens (including phenoxy) is 1. The maximum Gasteiger partial charge on any atom is 0.338 e. The molecule has 1 heterocycles. The molecule has 0 aliphatic carbocycles. The molecule has 0 aliphatic heterocycles. The normalized spacial score (nSPS) is 13.1. The second-order valence-electron chi connectivity index (χ2n) is 5.95. The first-order valence-corrected chi connectivity index (χ1v) is 9.83. The van der Waals surface area contributed by atoms with E-state index in [0.717, 1.165) is 6.26 Å². The second-order valence-corrected chi connectivity index (χ2v) is 7.97. The number of halogens is 2. The van der Waals surface area contributed by atoms with Crippen molar-refractivity contribution in [1.82, 2.24) is 9.55 Å². The number of fused-ring (bicyclic) bond motifs is 1. The fourth-order valence-electron chi connectivity index (χ4n) is 2.69. The number of para-hydroxylation sites is 2. The third-order valence-electron chi connectivity index (χ3n) is 3.96. The molecule has 0 radical (unpaired) electrons. The summed E-state index contributed by atoms with van der Waals surface area (Å²) in [4.78, 5) is 16.5. The number of benzene rings is 2. The maximum absolute atomic E-state index is 13.5. The van der Waals surface area contributed by atoms with E-state index in [1.165, 1.54) is 37.3 Å². The van der Waals surface area contributed by atoms with Gasteiger partial charge in [-0.1, -0.05) is 18.2 Å². The number of carbonyl (C=O) groups is 1. The monoisotopic (exact) mass is 394 g/mol. The smallest absolute Gasteiger partial charge is 0.338 e. The lowest BCUT2D eigenvalue weighted by molar-refractivity contribution is 0.0233. The summed E-state index contributed by atoms with van der Waals surface area (Å²) in [6.45, 7) is -1.43. The summed E-state index contributed by atoms with van der Waals surface area (Å²) in [6.07, 6.45) is -0.0498. The summed E-state index contributed by atoms with van der Waals surface area (Å²) < 4.78 is 56.2. The highest BCUT2D eigenvalue weighted by atomic mass is 32.2. The Morgan fingerprint density at radius 1 is 1.15 bits per heavy atom. The quantitative estimate of drug-likeness (QED) is 0.616. The van der Waals surface area contributed by atoms with Gasteiger partial charge in [0.05, 0.1) is 21.5 Å². The predicted octanol–water partition coefficient (Wildman–Crippen LogP) is 3.75. The molecule has 1 aromatic heterocycles. The zero-order valence-electron chi connectivity index (χ0n) is 14.5. The third-order valence-corrected chi connectivity index (χ3v) is 5.07. The van der Waals surface area contributed by atoms with Crippen LogP contribution in [0.15, 0.2) is 53.4 Å². The SMILES string of the molecule is CC(OC(=O)c1cccc(S(C)(=O)=O)c1)c1nc2ccccc2n1C(F)F. The van der Waals surface area contributed by atoms with Crippen molar-refractivity contribution >= 4 is 26.8 Å². The molecule has 1 unspecified atom stereocenters. The Kier molecular flexibility index (Phi) is 4.97. The molecule has 2 aromatic carbocycles. The molecule has 0 amide bonds. The van der Waals surface area contributed by atoms with Crippen LogP contribution >= 0.6 is 0 Å². The Morgan fingerprint density at radius 3 is 2.52 bits per heavy atom. The molecule has 9 heteroatoms. The van der Waals surface area contributed by atoms with Gasteiger partial charge in [0.15, 0.2) is 21.8 Å². The number of hydrogen-bond acceptors (Lipinski definition) is 5. The van der Waals surface area contributed by atoms with Crippen LogP contribution in [0, 0.1) is 0 Å². The van der Waals surface area contributed by atoms with Gasteiger partial charge in [0.1, 0.15) is 0 Å². The van der Waals surface area contributed by atoms with Crippen molar-refractivity contribution in [2.75, 3.05) is 6.26 Å². The fourth-order valence-corrected chi connectivity index (χ4v) is 3.36. The van der Waals surface area contributed by atoms with Crippen molar-refractivity contribution in [3.8, 4) is 0 Å². The molecule has 0 N–H and O–H groups in total. The molecule has 0 bridgehead atoms. The average Bonchev–Trinajstić information content (AvgIpc) is 3.01. The Bertz CT molecular complexity index is 1110. The highest BCUT2D eigenvalue weighted by Gasteiger charge is 2.25. The molecule has 1 atom stereocenters. The van der Waals surface area contributed by atoms with E-state index in [1.54, 1.807) is 18.2 Å². The Hall–Kier alpha value is -2.81. The largest absolute Gasteiger partial charge is 0.451 e. The first-order chi connectivity index (χ1) is 12.7. The molecule has 6 nitrogen and oxygen atoms in total. The molecule has 0 saturated heterocycles. The molecule has 3 rings (SSSR count). The summed E-state index contributed by atoms with van der Waals surface area (Å²) in [7, 11) is -3.50. The van der Waals surface area contributed by atoms with Crippen LogP contribution in [0.25, 0.3) is 11.0 Å². The minimum Gasteiger partial charge on any atom is -0.451 e. The zero-order chi connectivity index (χ0) is 19.8. The van der Waals surface area contributed by atoms with Gasteiger partial charge in [0, 0.05) is 6.26 Å². The van der Waals surface area contributed by atoms with E-state index in [1.807, 2.05) is 0 Å².